The van der Waals surface area contributed by atoms with Gasteiger partial charge in [0.1, 0.15) is 11.6 Å². The fourth-order valence-electron chi connectivity index (χ4n) is 3.67. The molecule has 33 heavy (non-hydrogen) atoms. The quantitative estimate of drug-likeness (QED) is 0.208. The Kier molecular flexibility index (Phi) is 9.60. The predicted molar refractivity (Wildman–Crippen MR) is 115 cm³/mol. The summed E-state index contributed by atoms with van der Waals surface area (Å²) in [4.78, 5) is 48.4. The Morgan fingerprint density at radius 2 is 1.64 bits per heavy atom. The summed E-state index contributed by atoms with van der Waals surface area (Å²) >= 11 is 0. The molecule has 1 saturated heterocycles. The number of hydrogen-bond donors (Lipinski definition) is 1. The van der Waals surface area contributed by atoms with Gasteiger partial charge in [0, 0.05) is 37.3 Å². The van der Waals surface area contributed by atoms with E-state index in [-0.39, 0.29) is 38.8 Å². The number of esters is 2. The van der Waals surface area contributed by atoms with Crippen LogP contribution in [0.2, 0.25) is 0 Å². The number of amides is 1. The lowest BCUT2D eigenvalue weighted by Crippen LogP contribution is -2.53. The number of nitrogens with zero attached hydrogens (tertiary/aromatic N) is 2. The molecule has 0 aromatic carbocycles. The van der Waals surface area contributed by atoms with Gasteiger partial charge in [0.15, 0.2) is 0 Å². The highest BCUT2D eigenvalue weighted by Gasteiger charge is 2.50. The molecule has 1 fully saturated rings. The van der Waals surface area contributed by atoms with Gasteiger partial charge >= 0.3 is 18.0 Å². The fraction of sp³-hybridized carbons (Fsp3) is 0.842. The molecule has 1 N–H and O–H groups in total. The van der Waals surface area contributed by atoms with Crippen LogP contribution < -0.4 is 5.32 Å². The molecule has 14 heteroatoms. The first-order chi connectivity index (χ1) is 15.0. The Bertz CT molecular complexity index is 844. The molecule has 1 unspecified atom stereocenters. The van der Waals surface area contributed by atoms with Gasteiger partial charge in [-0.05, 0) is 27.2 Å². The molecule has 2 atom stereocenters. The number of alkyl carbamates (subject to hydrolysis) is 1. The third kappa shape index (κ3) is 8.42. The highest BCUT2D eigenvalue weighted by molar-refractivity contribution is 7.88. The van der Waals surface area contributed by atoms with E-state index in [1.165, 1.54) is 0 Å². The molecule has 0 aromatic heterocycles. The van der Waals surface area contributed by atoms with Crippen LogP contribution >= 0.6 is 0 Å². The standard InChI is InChI=1S/C19H33N3O10S/c1-18(2,3)32-17(25)20-14(16(24)31-5)11-13(15(23)30-4)12-19(22(26)27)7-9-21(10-8-19)33(6,28)29/h13-14H,7-12H2,1-6H3,(H,20,25)/t13?,14-/m0/s1. The van der Waals surface area contributed by atoms with Crippen LogP contribution in [0.15, 0.2) is 0 Å². The monoisotopic (exact) mass is 495 g/mol. The van der Waals surface area contributed by atoms with E-state index in [0.29, 0.717) is 0 Å². The Labute approximate surface area is 193 Å². The van der Waals surface area contributed by atoms with Gasteiger partial charge in [0.25, 0.3) is 0 Å². The van der Waals surface area contributed by atoms with Crippen LogP contribution in [-0.4, -0.2) is 86.4 Å². The van der Waals surface area contributed by atoms with E-state index in [1.54, 1.807) is 20.8 Å². The average molecular weight is 496 g/mol. The third-order valence-corrected chi connectivity index (χ3v) is 6.67. The van der Waals surface area contributed by atoms with Crippen molar-refractivity contribution in [2.45, 2.75) is 63.6 Å². The van der Waals surface area contributed by atoms with Gasteiger partial charge in [-0.25, -0.2) is 22.3 Å². The van der Waals surface area contributed by atoms with Gasteiger partial charge in [-0.2, -0.15) is 0 Å². The second kappa shape index (κ2) is 11.1. The molecule has 0 aromatic rings. The van der Waals surface area contributed by atoms with Crippen LogP contribution in [0.25, 0.3) is 0 Å². The van der Waals surface area contributed by atoms with Crippen molar-refractivity contribution < 1.29 is 41.9 Å². The predicted octanol–water partition coefficient (Wildman–Crippen LogP) is 0.693. The van der Waals surface area contributed by atoms with Gasteiger partial charge < -0.3 is 19.5 Å². The van der Waals surface area contributed by atoms with E-state index in [4.69, 9.17) is 14.2 Å². The summed E-state index contributed by atoms with van der Waals surface area (Å²) in [6.07, 6.45) is -0.789. The SMILES string of the molecule is COC(=O)C(C[C@H](NC(=O)OC(C)(C)C)C(=O)OC)CC1([N+](=O)[O-])CCN(S(C)(=O)=O)CC1. The minimum Gasteiger partial charge on any atom is -0.469 e. The average Bonchev–Trinajstić information content (AvgIpc) is 2.69. The van der Waals surface area contributed by atoms with E-state index < -0.39 is 56.1 Å². The van der Waals surface area contributed by atoms with Crippen molar-refractivity contribution in [1.29, 1.82) is 0 Å². The summed E-state index contributed by atoms with van der Waals surface area (Å²) < 4.78 is 39.3. The van der Waals surface area contributed by atoms with E-state index >= 15 is 0 Å². The van der Waals surface area contributed by atoms with Crippen LogP contribution in [-0.2, 0) is 33.8 Å². The van der Waals surface area contributed by atoms with Crippen molar-refractivity contribution in [2.75, 3.05) is 33.6 Å². The van der Waals surface area contributed by atoms with Crippen molar-refractivity contribution in [1.82, 2.24) is 9.62 Å². The summed E-state index contributed by atoms with van der Waals surface area (Å²) in [5.74, 6) is -2.82. The molecule has 0 aliphatic carbocycles. The number of nitro groups is 1. The van der Waals surface area contributed by atoms with Crippen LogP contribution in [0, 0.1) is 16.0 Å². The topological polar surface area (TPSA) is 171 Å². The first-order valence-corrected chi connectivity index (χ1v) is 12.1. The Hall–Kier alpha value is -2.48. The number of carbonyl (C=O) groups is 3. The van der Waals surface area contributed by atoms with Crippen molar-refractivity contribution in [2.24, 2.45) is 5.92 Å². The maximum absolute atomic E-state index is 12.5. The molecular formula is C19H33N3O10S. The lowest BCUT2D eigenvalue weighted by Gasteiger charge is -2.36. The summed E-state index contributed by atoms with van der Waals surface area (Å²) in [6, 6.07) is -1.33. The van der Waals surface area contributed by atoms with Gasteiger partial charge in [0.2, 0.25) is 15.6 Å². The fourth-order valence-corrected chi connectivity index (χ4v) is 4.52. The smallest absolute Gasteiger partial charge is 0.408 e. The van der Waals surface area contributed by atoms with E-state index in [0.717, 1.165) is 24.8 Å². The molecular weight excluding hydrogens is 462 g/mol. The van der Waals surface area contributed by atoms with Crippen molar-refractivity contribution in [3.05, 3.63) is 10.1 Å². The molecule has 0 spiro atoms. The zero-order chi connectivity index (χ0) is 25.6. The maximum atomic E-state index is 12.5. The Morgan fingerprint density at radius 1 is 1.12 bits per heavy atom. The number of rotatable bonds is 9. The van der Waals surface area contributed by atoms with Crippen LogP contribution in [0.5, 0.6) is 0 Å². The zero-order valence-electron chi connectivity index (χ0n) is 19.8. The summed E-state index contributed by atoms with van der Waals surface area (Å²) in [5, 5.41) is 14.3. The van der Waals surface area contributed by atoms with Crippen LogP contribution in [0.4, 0.5) is 4.79 Å². The highest BCUT2D eigenvalue weighted by Crippen LogP contribution is 2.35. The van der Waals surface area contributed by atoms with E-state index in [2.05, 4.69) is 5.32 Å². The molecule has 0 bridgehead atoms. The third-order valence-electron chi connectivity index (χ3n) is 5.37. The molecule has 0 saturated carbocycles. The van der Waals surface area contributed by atoms with E-state index in [1.807, 2.05) is 0 Å². The van der Waals surface area contributed by atoms with Gasteiger partial charge in [-0.3, -0.25) is 14.9 Å². The van der Waals surface area contributed by atoms with Gasteiger partial charge in [0.05, 0.1) is 26.4 Å². The molecule has 1 aliphatic heterocycles. The number of nitrogens with one attached hydrogen (secondary N) is 1. The second-order valence-electron chi connectivity index (χ2n) is 9.03. The van der Waals surface area contributed by atoms with E-state index in [9.17, 15) is 32.9 Å². The number of carbonyl (C=O) groups excluding carboxylic acids is 3. The number of ether oxygens (including phenoxy) is 3. The van der Waals surface area contributed by atoms with Crippen molar-refractivity contribution >= 4 is 28.1 Å². The van der Waals surface area contributed by atoms with Crippen molar-refractivity contribution in [3.8, 4) is 0 Å². The molecule has 1 aliphatic rings. The molecule has 0 radical (unpaired) electrons. The van der Waals surface area contributed by atoms with Gasteiger partial charge in [-0.15, -0.1) is 0 Å². The molecule has 1 amide bonds. The number of piperidine rings is 1. The first kappa shape index (κ1) is 28.6. The molecule has 13 nitrogen and oxygen atoms in total. The number of hydrogen-bond acceptors (Lipinski definition) is 10. The lowest BCUT2D eigenvalue weighted by atomic mass is 9.78. The maximum Gasteiger partial charge on any atom is 0.408 e. The summed E-state index contributed by atoms with van der Waals surface area (Å²) in [5.41, 5.74) is -2.46. The largest absolute Gasteiger partial charge is 0.469 e. The number of methoxy groups -OCH3 is 2. The molecule has 1 heterocycles. The first-order valence-electron chi connectivity index (χ1n) is 10.3. The Balaban J connectivity index is 3.13. The summed E-state index contributed by atoms with van der Waals surface area (Å²) in [7, 11) is -1.31. The Morgan fingerprint density at radius 3 is 2.03 bits per heavy atom. The minimum atomic E-state index is -3.52. The summed E-state index contributed by atoms with van der Waals surface area (Å²) in [6.45, 7) is 4.72. The van der Waals surface area contributed by atoms with Gasteiger partial charge in [-0.1, -0.05) is 0 Å². The normalized spacial score (nSPS) is 18.5. The zero-order valence-corrected chi connectivity index (χ0v) is 20.6. The van der Waals surface area contributed by atoms with Crippen molar-refractivity contribution in [3.63, 3.8) is 0 Å². The molecule has 1 rings (SSSR count). The van der Waals surface area contributed by atoms with Crippen LogP contribution in [0.1, 0.15) is 46.5 Å². The molecule has 190 valence electrons. The second-order valence-corrected chi connectivity index (χ2v) is 11.0. The highest BCUT2D eigenvalue weighted by atomic mass is 32.2. The number of sulfonamides is 1. The minimum absolute atomic E-state index is 0.0791. The lowest BCUT2D eigenvalue weighted by molar-refractivity contribution is -0.577. The van der Waals surface area contributed by atoms with Crippen LogP contribution in [0.3, 0.4) is 0 Å².